The van der Waals surface area contributed by atoms with Gasteiger partial charge in [0.05, 0.1) is 11.7 Å². The minimum Gasteiger partial charge on any atom is -0.425 e. The maximum absolute atomic E-state index is 13.8. The largest absolute Gasteiger partial charge is 0.425 e. The molecule has 3 N–H and O–H groups in total. The van der Waals surface area contributed by atoms with Gasteiger partial charge in [0.25, 0.3) is 0 Å². The van der Waals surface area contributed by atoms with Gasteiger partial charge < -0.3 is 15.5 Å². The van der Waals surface area contributed by atoms with E-state index in [0.717, 1.165) is 10.5 Å². The number of benzene rings is 1. The molecule has 5 rings (SSSR count). The third kappa shape index (κ3) is 3.42. The summed E-state index contributed by atoms with van der Waals surface area (Å²) in [6.07, 6.45) is 4.70. The molecule has 1 amide bonds. The Labute approximate surface area is 192 Å². The lowest BCUT2D eigenvalue weighted by Gasteiger charge is -2.21. The van der Waals surface area contributed by atoms with Gasteiger partial charge in [-0.15, -0.1) is 0 Å². The fourth-order valence-corrected chi connectivity index (χ4v) is 6.37. The third-order valence-corrected chi connectivity index (χ3v) is 8.02. The van der Waals surface area contributed by atoms with E-state index in [2.05, 4.69) is 4.98 Å². The first-order chi connectivity index (χ1) is 16.2. The number of hydrogen-bond donors (Lipinski definition) is 2. The Morgan fingerprint density at radius 1 is 1.24 bits per heavy atom. The SMILES string of the molecule is NC(=O)[C@@H]1CCCN1S(=O)(=O)c1cn(Cc2ccc(F)cc2)c2cnc3c(=O)n(O)ccc3c12. The molecule has 10 nitrogen and oxygen atoms in total. The zero-order valence-corrected chi connectivity index (χ0v) is 18.6. The highest BCUT2D eigenvalue weighted by molar-refractivity contribution is 7.89. The average molecular weight is 485 g/mol. The normalized spacial score (nSPS) is 17.0. The summed E-state index contributed by atoms with van der Waals surface area (Å²) in [4.78, 5) is 28.4. The van der Waals surface area contributed by atoms with E-state index in [1.807, 2.05) is 0 Å². The number of halogens is 1. The maximum atomic E-state index is 13.8. The van der Waals surface area contributed by atoms with Crippen LogP contribution >= 0.6 is 0 Å². The standard InChI is InChI=1S/C22H20FN5O5S/c23-14-5-3-13(4-6-14)11-26-12-18(34(32,33)28-8-1-2-16(28)21(24)29)19-15-7-9-27(31)22(30)20(15)25-10-17(19)26/h3-7,9-10,12,16,31H,1-2,8,11H2,(H2,24,29)/t16-/m0/s1. The van der Waals surface area contributed by atoms with Crippen LogP contribution in [0.5, 0.6) is 0 Å². The zero-order chi connectivity index (χ0) is 24.2. The molecule has 0 spiro atoms. The zero-order valence-electron chi connectivity index (χ0n) is 17.8. The first kappa shape index (κ1) is 22.0. The summed E-state index contributed by atoms with van der Waals surface area (Å²) in [5.74, 6) is -1.13. The molecule has 1 fully saturated rings. The van der Waals surface area contributed by atoms with E-state index in [0.29, 0.717) is 28.7 Å². The molecule has 176 valence electrons. The Morgan fingerprint density at radius 3 is 2.68 bits per heavy atom. The second-order valence-electron chi connectivity index (χ2n) is 8.17. The Hall–Kier alpha value is -3.77. The van der Waals surface area contributed by atoms with Crippen molar-refractivity contribution in [2.45, 2.75) is 30.3 Å². The van der Waals surface area contributed by atoms with Gasteiger partial charge in [0.15, 0.2) is 0 Å². The minimum atomic E-state index is -4.20. The number of hydrogen-bond acceptors (Lipinski definition) is 6. The highest BCUT2D eigenvalue weighted by Gasteiger charge is 2.40. The molecule has 0 bridgehead atoms. The topological polar surface area (TPSA) is 141 Å². The number of primary amides is 1. The maximum Gasteiger partial charge on any atom is 0.309 e. The van der Waals surface area contributed by atoms with Crippen molar-refractivity contribution in [2.75, 3.05) is 6.54 Å². The molecule has 3 aromatic heterocycles. The molecule has 12 heteroatoms. The number of nitrogens with two attached hydrogens (primary N) is 1. The van der Waals surface area contributed by atoms with Crippen LogP contribution in [0.2, 0.25) is 0 Å². The molecular formula is C22H20FN5O5S. The Kier molecular flexibility index (Phi) is 5.14. The van der Waals surface area contributed by atoms with E-state index < -0.39 is 33.3 Å². The monoisotopic (exact) mass is 485 g/mol. The summed E-state index contributed by atoms with van der Waals surface area (Å²) >= 11 is 0. The van der Waals surface area contributed by atoms with Crippen LogP contribution in [-0.4, -0.2) is 50.7 Å². The summed E-state index contributed by atoms with van der Waals surface area (Å²) in [6, 6.07) is 6.21. The number of fused-ring (bicyclic) bond motifs is 3. The van der Waals surface area contributed by atoms with Gasteiger partial charge in [0.2, 0.25) is 15.9 Å². The van der Waals surface area contributed by atoms with E-state index in [9.17, 15) is 27.6 Å². The first-order valence-electron chi connectivity index (χ1n) is 10.5. The fourth-order valence-electron chi connectivity index (χ4n) is 4.47. The van der Waals surface area contributed by atoms with E-state index in [1.165, 1.54) is 30.6 Å². The Bertz CT molecular complexity index is 1610. The highest BCUT2D eigenvalue weighted by Crippen LogP contribution is 2.35. The van der Waals surface area contributed by atoms with Crippen molar-refractivity contribution in [3.8, 4) is 0 Å². The summed E-state index contributed by atoms with van der Waals surface area (Å²) in [5, 5.41) is 10.2. The molecule has 0 saturated carbocycles. The van der Waals surface area contributed by atoms with E-state index in [-0.39, 0.29) is 34.3 Å². The second kappa shape index (κ2) is 7.92. The van der Waals surface area contributed by atoms with Gasteiger partial charge in [0, 0.05) is 36.3 Å². The smallest absolute Gasteiger partial charge is 0.309 e. The van der Waals surface area contributed by atoms with Crippen LogP contribution in [0, 0.1) is 5.82 Å². The van der Waals surface area contributed by atoms with E-state index in [1.54, 1.807) is 16.7 Å². The molecule has 1 saturated heterocycles. The molecule has 34 heavy (non-hydrogen) atoms. The lowest BCUT2D eigenvalue weighted by atomic mass is 10.2. The molecule has 4 heterocycles. The summed E-state index contributed by atoms with van der Waals surface area (Å²) < 4.78 is 44.0. The van der Waals surface area contributed by atoms with Crippen molar-refractivity contribution in [3.63, 3.8) is 0 Å². The quantitative estimate of drug-likeness (QED) is 0.410. The van der Waals surface area contributed by atoms with Gasteiger partial charge in [-0.05, 0) is 36.6 Å². The lowest BCUT2D eigenvalue weighted by molar-refractivity contribution is -0.121. The number of pyridine rings is 2. The molecule has 1 atom stereocenters. The summed E-state index contributed by atoms with van der Waals surface area (Å²) in [7, 11) is -4.20. The number of nitrogens with zero attached hydrogens (tertiary/aromatic N) is 4. The third-order valence-electron chi connectivity index (χ3n) is 6.10. The molecule has 1 aromatic carbocycles. The van der Waals surface area contributed by atoms with Gasteiger partial charge in [-0.2, -0.15) is 9.04 Å². The first-order valence-corrected chi connectivity index (χ1v) is 11.9. The molecular weight excluding hydrogens is 465 g/mol. The molecule has 4 aromatic rings. The van der Waals surface area contributed by atoms with Crippen LogP contribution in [0.1, 0.15) is 18.4 Å². The number of carbonyl (C=O) groups excluding carboxylic acids is 1. The van der Waals surface area contributed by atoms with Crippen LogP contribution in [-0.2, 0) is 21.4 Å². The Morgan fingerprint density at radius 2 is 1.97 bits per heavy atom. The van der Waals surface area contributed by atoms with Crippen LogP contribution in [0.3, 0.4) is 0 Å². The van der Waals surface area contributed by atoms with E-state index >= 15 is 0 Å². The van der Waals surface area contributed by atoms with Crippen molar-refractivity contribution in [1.82, 2.24) is 18.6 Å². The van der Waals surface area contributed by atoms with Crippen molar-refractivity contribution >= 4 is 37.7 Å². The second-order valence-corrected chi connectivity index (χ2v) is 10.0. The van der Waals surface area contributed by atoms with Gasteiger partial charge in [0.1, 0.15) is 22.3 Å². The van der Waals surface area contributed by atoms with Crippen molar-refractivity contribution in [3.05, 3.63) is 70.7 Å². The number of carbonyl (C=O) groups is 1. The van der Waals surface area contributed by atoms with Gasteiger partial charge in [-0.1, -0.05) is 12.1 Å². The average Bonchev–Trinajstić information content (AvgIpc) is 3.44. The van der Waals surface area contributed by atoms with Crippen molar-refractivity contribution in [1.29, 1.82) is 0 Å². The Balaban J connectivity index is 1.78. The predicted octanol–water partition coefficient (Wildman–Crippen LogP) is 1.41. The number of aromatic nitrogens is 3. The van der Waals surface area contributed by atoms with Crippen LogP contribution in [0.4, 0.5) is 4.39 Å². The van der Waals surface area contributed by atoms with E-state index in [4.69, 9.17) is 5.73 Å². The van der Waals surface area contributed by atoms with Crippen LogP contribution in [0.25, 0.3) is 21.8 Å². The van der Waals surface area contributed by atoms with Crippen LogP contribution in [0.15, 0.2) is 58.6 Å². The summed E-state index contributed by atoms with van der Waals surface area (Å²) in [6.45, 7) is 0.336. The van der Waals surface area contributed by atoms with Gasteiger partial charge in [-0.25, -0.2) is 17.8 Å². The predicted molar refractivity (Wildman–Crippen MR) is 120 cm³/mol. The fraction of sp³-hybridized carbons (Fsp3) is 0.227. The highest BCUT2D eigenvalue weighted by atomic mass is 32.2. The molecule has 1 aliphatic heterocycles. The minimum absolute atomic E-state index is 0.110. The molecule has 0 unspecified atom stereocenters. The lowest BCUT2D eigenvalue weighted by Crippen LogP contribution is -2.43. The number of rotatable bonds is 5. The molecule has 0 aliphatic carbocycles. The van der Waals surface area contributed by atoms with Crippen LogP contribution < -0.4 is 11.3 Å². The summed E-state index contributed by atoms with van der Waals surface area (Å²) in [5.41, 5.74) is 5.68. The van der Waals surface area contributed by atoms with Crippen molar-refractivity contribution in [2.24, 2.45) is 5.73 Å². The number of amides is 1. The number of sulfonamides is 1. The van der Waals surface area contributed by atoms with Gasteiger partial charge in [-0.3, -0.25) is 9.59 Å². The molecule has 1 aliphatic rings. The van der Waals surface area contributed by atoms with Crippen molar-refractivity contribution < 1.29 is 22.8 Å². The molecule has 0 radical (unpaired) electrons. The van der Waals surface area contributed by atoms with Gasteiger partial charge >= 0.3 is 5.56 Å².